The Morgan fingerprint density at radius 2 is 1.54 bits per heavy atom. The van der Waals surface area contributed by atoms with Gasteiger partial charge in [0.2, 0.25) is 0 Å². The van der Waals surface area contributed by atoms with Crippen LogP contribution in [0.15, 0.2) is 72.3 Å². The monoisotopic (exact) mass is 374 g/mol. The molecule has 2 aromatic carbocycles. The molecule has 0 radical (unpaired) electrons. The van der Waals surface area contributed by atoms with Gasteiger partial charge in [-0.05, 0) is 56.2 Å². The predicted octanol–water partition coefficient (Wildman–Crippen LogP) is 4.70. The van der Waals surface area contributed by atoms with Crippen LogP contribution >= 0.6 is 0 Å². The van der Waals surface area contributed by atoms with E-state index in [1.807, 2.05) is 36.4 Å². The minimum Gasteiger partial charge on any atom is -0.449 e. The maximum atomic E-state index is 11.8. The highest BCUT2D eigenvalue weighted by Gasteiger charge is 2.06. The fourth-order valence-corrected chi connectivity index (χ4v) is 2.13. The highest BCUT2D eigenvalue weighted by atomic mass is 16.5. The van der Waals surface area contributed by atoms with Gasteiger partial charge in [0.25, 0.3) is 0 Å². The number of carbonyl (C=O) groups excluding carboxylic acids is 2. The summed E-state index contributed by atoms with van der Waals surface area (Å²) in [5.74, 6) is 5.45. The molecule has 142 valence electrons. The van der Waals surface area contributed by atoms with Crippen molar-refractivity contribution in [1.29, 1.82) is 0 Å². The molecule has 0 aliphatic heterocycles. The third-order valence-electron chi connectivity index (χ3n) is 3.89. The van der Waals surface area contributed by atoms with Gasteiger partial charge in [-0.3, -0.25) is 0 Å². The average Bonchev–Trinajstić information content (AvgIpc) is 2.71. The number of benzene rings is 2. The number of carbonyl (C=O) groups is 2. The topological polar surface area (TPSA) is 52.6 Å². The summed E-state index contributed by atoms with van der Waals surface area (Å²) < 4.78 is 10.2. The van der Waals surface area contributed by atoms with E-state index in [4.69, 9.17) is 9.47 Å². The molecule has 28 heavy (non-hydrogen) atoms. The van der Waals surface area contributed by atoms with Crippen molar-refractivity contribution in [3.05, 3.63) is 77.9 Å². The lowest BCUT2D eigenvalue weighted by molar-refractivity contribution is -0.137. The number of esters is 2. The molecule has 0 amide bonds. The molecule has 2 aromatic rings. The van der Waals surface area contributed by atoms with Gasteiger partial charge in [0.05, 0.1) is 0 Å². The zero-order valence-corrected chi connectivity index (χ0v) is 16.2. The standard InChI is InChI=1S/C24H22O4/c1-5-18(4)24(26)28-22-14-12-21(13-15-22)20-10-8-19(9-11-20)7-6-16-27-23(25)17(2)3/h5,8-15H,2,16H2,1,3-4H3/b18-5+. The van der Waals surface area contributed by atoms with Gasteiger partial charge in [0.1, 0.15) is 5.75 Å². The summed E-state index contributed by atoms with van der Waals surface area (Å²) in [6.45, 7) is 8.64. The summed E-state index contributed by atoms with van der Waals surface area (Å²) in [6, 6.07) is 15.0. The predicted molar refractivity (Wildman–Crippen MR) is 110 cm³/mol. The van der Waals surface area contributed by atoms with Gasteiger partial charge in [-0.15, -0.1) is 0 Å². The van der Waals surface area contributed by atoms with Crippen LogP contribution in [-0.2, 0) is 14.3 Å². The summed E-state index contributed by atoms with van der Waals surface area (Å²) >= 11 is 0. The second kappa shape index (κ2) is 9.94. The largest absolute Gasteiger partial charge is 0.449 e. The number of allylic oxidation sites excluding steroid dienone is 1. The maximum absolute atomic E-state index is 11.8. The van der Waals surface area contributed by atoms with Crippen molar-refractivity contribution in [2.24, 2.45) is 0 Å². The molecule has 0 unspecified atom stereocenters. The van der Waals surface area contributed by atoms with Gasteiger partial charge >= 0.3 is 11.9 Å². The lowest BCUT2D eigenvalue weighted by Gasteiger charge is -2.06. The highest BCUT2D eigenvalue weighted by molar-refractivity contribution is 5.89. The summed E-state index contributed by atoms with van der Waals surface area (Å²) in [4.78, 5) is 23.0. The molecular weight excluding hydrogens is 352 g/mol. The Morgan fingerprint density at radius 3 is 2.07 bits per heavy atom. The Hall–Kier alpha value is -3.58. The first kappa shape index (κ1) is 20.7. The lowest BCUT2D eigenvalue weighted by atomic mass is 10.0. The van der Waals surface area contributed by atoms with E-state index in [2.05, 4.69) is 18.4 Å². The molecule has 0 aromatic heterocycles. The van der Waals surface area contributed by atoms with Crippen molar-refractivity contribution in [2.45, 2.75) is 20.8 Å². The molecule has 0 N–H and O–H groups in total. The third-order valence-corrected chi connectivity index (χ3v) is 3.89. The highest BCUT2D eigenvalue weighted by Crippen LogP contribution is 2.23. The van der Waals surface area contributed by atoms with Gasteiger partial charge in [0, 0.05) is 16.7 Å². The van der Waals surface area contributed by atoms with Crippen LogP contribution in [0.5, 0.6) is 5.75 Å². The van der Waals surface area contributed by atoms with Crippen molar-refractivity contribution in [3.8, 4) is 28.7 Å². The maximum Gasteiger partial charge on any atom is 0.338 e. The molecule has 0 heterocycles. The second-order valence-corrected chi connectivity index (χ2v) is 6.12. The Labute approximate surface area is 165 Å². The lowest BCUT2D eigenvalue weighted by Crippen LogP contribution is -2.08. The van der Waals surface area contributed by atoms with Crippen molar-refractivity contribution < 1.29 is 19.1 Å². The molecule has 0 fully saturated rings. The summed E-state index contributed by atoms with van der Waals surface area (Å²) in [5.41, 5.74) is 3.75. The minimum atomic E-state index is -0.445. The first-order valence-electron chi connectivity index (χ1n) is 8.78. The molecule has 4 nitrogen and oxygen atoms in total. The van der Waals surface area contributed by atoms with Crippen LogP contribution in [0.3, 0.4) is 0 Å². The van der Waals surface area contributed by atoms with Crippen LogP contribution in [0, 0.1) is 11.8 Å². The van der Waals surface area contributed by atoms with Crippen LogP contribution in [0.2, 0.25) is 0 Å². The molecule has 0 saturated heterocycles. The van der Waals surface area contributed by atoms with E-state index in [-0.39, 0.29) is 12.6 Å². The molecule has 0 bridgehead atoms. The molecule has 0 spiro atoms. The zero-order chi connectivity index (χ0) is 20.5. The van der Waals surface area contributed by atoms with E-state index in [0.29, 0.717) is 16.9 Å². The fourth-order valence-electron chi connectivity index (χ4n) is 2.13. The van der Waals surface area contributed by atoms with Crippen LogP contribution in [0.25, 0.3) is 11.1 Å². The molecule has 0 saturated carbocycles. The zero-order valence-electron chi connectivity index (χ0n) is 16.2. The normalized spacial score (nSPS) is 10.5. The SMILES string of the molecule is C=C(C)C(=O)OCC#Cc1ccc(-c2ccc(OC(=O)/C(C)=C/C)cc2)cc1. The summed E-state index contributed by atoms with van der Waals surface area (Å²) in [6.07, 6.45) is 1.71. The number of hydrogen-bond donors (Lipinski definition) is 0. The molecule has 2 rings (SSSR count). The average molecular weight is 374 g/mol. The quantitative estimate of drug-likeness (QED) is 0.330. The van der Waals surface area contributed by atoms with E-state index >= 15 is 0 Å². The summed E-state index contributed by atoms with van der Waals surface area (Å²) in [7, 11) is 0. The van der Waals surface area contributed by atoms with Crippen LogP contribution < -0.4 is 4.74 Å². The van der Waals surface area contributed by atoms with E-state index in [0.717, 1.165) is 16.7 Å². The Balaban J connectivity index is 1.99. The van der Waals surface area contributed by atoms with Crippen molar-refractivity contribution in [1.82, 2.24) is 0 Å². The van der Waals surface area contributed by atoms with Crippen molar-refractivity contribution in [3.63, 3.8) is 0 Å². The third kappa shape index (κ3) is 6.00. The molecule has 0 aliphatic carbocycles. The number of hydrogen-bond acceptors (Lipinski definition) is 4. The van der Waals surface area contributed by atoms with Crippen LogP contribution in [0.4, 0.5) is 0 Å². The smallest absolute Gasteiger partial charge is 0.338 e. The Kier molecular flexibility index (Phi) is 7.36. The second-order valence-electron chi connectivity index (χ2n) is 6.12. The molecular formula is C24H22O4. The van der Waals surface area contributed by atoms with Gasteiger partial charge in [-0.1, -0.05) is 48.8 Å². The van der Waals surface area contributed by atoms with E-state index in [1.165, 1.54) is 0 Å². The minimum absolute atomic E-state index is 0.0281. The fraction of sp³-hybridized carbons (Fsp3) is 0.167. The first-order valence-corrected chi connectivity index (χ1v) is 8.78. The molecule has 0 aliphatic rings. The van der Waals surface area contributed by atoms with Gasteiger partial charge in [-0.25, -0.2) is 9.59 Å². The van der Waals surface area contributed by atoms with Crippen molar-refractivity contribution >= 4 is 11.9 Å². The number of ether oxygens (including phenoxy) is 2. The molecule has 4 heteroatoms. The first-order chi connectivity index (χ1) is 13.4. The van der Waals surface area contributed by atoms with E-state index in [1.54, 1.807) is 39.0 Å². The number of rotatable bonds is 5. The van der Waals surface area contributed by atoms with Gasteiger partial charge < -0.3 is 9.47 Å². The Bertz CT molecular complexity index is 952. The van der Waals surface area contributed by atoms with Gasteiger partial charge in [0.15, 0.2) is 6.61 Å². The summed E-state index contributed by atoms with van der Waals surface area (Å²) in [5, 5.41) is 0. The van der Waals surface area contributed by atoms with Gasteiger partial charge in [-0.2, -0.15) is 0 Å². The van der Waals surface area contributed by atoms with Crippen LogP contribution in [0.1, 0.15) is 26.3 Å². The van der Waals surface area contributed by atoms with E-state index in [9.17, 15) is 9.59 Å². The Morgan fingerprint density at radius 1 is 0.964 bits per heavy atom. The molecule has 0 atom stereocenters. The van der Waals surface area contributed by atoms with E-state index < -0.39 is 5.97 Å². The van der Waals surface area contributed by atoms with Crippen molar-refractivity contribution in [2.75, 3.05) is 6.61 Å². The van der Waals surface area contributed by atoms with Crippen LogP contribution in [-0.4, -0.2) is 18.5 Å².